The van der Waals surface area contributed by atoms with Gasteiger partial charge in [-0.2, -0.15) is 0 Å². The first-order valence-electron chi connectivity index (χ1n) is 13.5. The van der Waals surface area contributed by atoms with E-state index in [9.17, 15) is 24.6 Å². The van der Waals surface area contributed by atoms with Gasteiger partial charge in [0, 0.05) is 19.5 Å². The highest BCUT2D eigenvalue weighted by atomic mass is 16.6. The second-order valence-electron chi connectivity index (χ2n) is 10.8. The predicted octanol–water partition coefficient (Wildman–Crippen LogP) is 4.02. The van der Waals surface area contributed by atoms with Gasteiger partial charge >= 0.3 is 6.09 Å². The van der Waals surface area contributed by atoms with Crippen LogP contribution in [0.1, 0.15) is 49.1 Å². The minimum Gasteiger partial charge on any atom is -0.508 e. The molecule has 0 saturated carbocycles. The van der Waals surface area contributed by atoms with E-state index in [2.05, 4.69) is 10.6 Å². The lowest BCUT2D eigenvalue weighted by atomic mass is 9.99. The first-order chi connectivity index (χ1) is 19.5. The second kappa shape index (κ2) is 14.3. The molecule has 0 saturated heterocycles. The van der Waals surface area contributed by atoms with Crippen LogP contribution in [-0.2, 0) is 27.3 Å². The third kappa shape index (κ3) is 9.65. The fourth-order valence-electron chi connectivity index (χ4n) is 4.30. The predicted molar refractivity (Wildman–Crippen MR) is 156 cm³/mol. The minimum atomic E-state index is -1.13. The maximum absolute atomic E-state index is 14.2. The molecule has 3 amide bonds. The van der Waals surface area contributed by atoms with Crippen LogP contribution in [0, 0.1) is 6.92 Å². The molecule has 3 rings (SSSR count). The molecule has 2 unspecified atom stereocenters. The van der Waals surface area contributed by atoms with Crippen molar-refractivity contribution in [3.8, 4) is 5.75 Å². The van der Waals surface area contributed by atoms with E-state index in [0.29, 0.717) is 11.1 Å². The largest absolute Gasteiger partial charge is 0.508 e. The van der Waals surface area contributed by atoms with Crippen LogP contribution in [0.25, 0.3) is 0 Å². The number of aryl methyl sites for hydroxylation is 1. The molecule has 3 aromatic carbocycles. The van der Waals surface area contributed by atoms with Crippen molar-refractivity contribution in [2.24, 2.45) is 0 Å². The van der Waals surface area contributed by atoms with E-state index in [4.69, 9.17) is 4.74 Å². The highest BCUT2D eigenvalue weighted by Gasteiger charge is 2.36. The molecule has 0 spiro atoms. The van der Waals surface area contributed by atoms with Crippen LogP contribution in [0.4, 0.5) is 4.79 Å². The van der Waals surface area contributed by atoms with Gasteiger partial charge in [0.2, 0.25) is 11.8 Å². The van der Waals surface area contributed by atoms with Crippen LogP contribution in [0.15, 0.2) is 78.9 Å². The molecule has 0 fully saturated rings. The zero-order chi connectivity index (χ0) is 30.0. The fourth-order valence-corrected chi connectivity index (χ4v) is 4.30. The number of hydrogen-bond acceptors (Lipinski definition) is 6. The van der Waals surface area contributed by atoms with Gasteiger partial charge < -0.3 is 30.5 Å². The van der Waals surface area contributed by atoms with Crippen LogP contribution >= 0.6 is 0 Å². The van der Waals surface area contributed by atoms with E-state index < -0.39 is 42.2 Å². The highest BCUT2D eigenvalue weighted by molar-refractivity contribution is 5.92. The van der Waals surface area contributed by atoms with Crippen LogP contribution in [0.2, 0.25) is 0 Å². The number of alkyl carbamates (subject to hydrolysis) is 1. The van der Waals surface area contributed by atoms with Crippen molar-refractivity contribution >= 4 is 17.9 Å². The zero-order valence-electron chi connectivity index (χ0n) is 24.0. The number of benzene rings is 3. The normalized spacial score (nSPS) is 12.6. The lowest BCUT2D eigenvalue weighted by molar-refractivity contribution is -0.143. The van der Waals surface area contributed by atoms with Crippen molar-refractivity contribution in [2.75, 3.05) is 13.2 Å². The number of nitrogens with zero attached hydrogens (tertiary/aromatic N) is 1. The van der Waals surface area contributed by atoms with Gasteiger partial charge in [-0.3, -0.25) is 9.59 Å². The molecule has 3 aromatic rings. The van der Waals surface area contributed by atoms with Crippen molar-refractivity contribution < 1.29 is 29.3 Å². The summed E-state index contributed by atoms with van der Waals surface area (Å²) in [6, 6.07) is 20.7. The molecule has 9 heteroatoms. The number of aliphatic hydroxyl groups excluding tert-OH is 1. The van der Waals surface area contributed by atoms with Gasteiger partial charge in [0.25, 0.3) is 0 Å². The number of ether oxygens (including phenoxy) is 1. The number of aromatic hydroxyl groups is 1. The van der Waals surface area contributed by atoms with E-state index >= 15 is 0 Å². The van der Waals surface area contributed by atoms with Crippen molar-refractivity contribution in [2.45, 2.75) is 58.3 Å². The lowest BCUT2D eigenvalue weighted by Gasteiger charge is -2.34. The Bertz CT molecular complexity index is 1290. The quantitative estimate of drug-likeness (QED) is 0.280. The zero-order valence-corrected chi connectivity index (χ0v) is 24.0. The molecule has 0 heterocycles. The fraction of sp³-hybridized carbons (Fsp3) is 0.344. The van der Waals surface area contributed by atoms with Crippen LogP contribution in [0.5, 0.6) is 5.75 Å². The Kier molecular flexibility index (Phi) is 10.9. The summed E-state index contributed by atoms with van der Waals surface area (Å²) in [6.07, 6.45) is -0.731. The Balaban J connectivity index is 1.98. The van der Waals surface area contributed by atoms with Crippen LogP contribution < -0.4 is 10.6 Å². The highest BCUT2D eigenvalue weighted by Crippen LogP contribution is 2.24. The topological polar surface area (TPSA) is 128 Å². The molecular formula is C32H39N3O6. The molecule has 0 aliphatic heterocycles. The van der Waals surface area contributed by atoms with E-state index in [1.54, 1.807) is 45.0 Å². The van der Waals surface area contributed by atoms with Crippen molar-refractivity contribution in [1.82, 2.24) is 15.5 Å². The Morgan fingerprint density at radius 3 is 2.12 bits per heavy atom. The van der Waals surface area contributed by atoms with Gasteiger partial charge in [0.15, 0.2) is 0 Å². The number of nitrogens with one attached hydrogen (secondary N) is 2. The van der Waals surface area contributed by atoms with Crippen molar-refractivity contribution in [3.05, 3.63) is 101 Å². The molecule has 2 atom stereocenters. The van der Waals surface area contributed by atoms with Gasteiger partial charge in [-0.25, -0.2) is 4.79 Å². The second-order valence-corrected chi connectivity index (χ2v) is 10.8. The number of carbonyl (C=O) groups is 3. The Hall–Kier alpha value is -4.37. The number of aliphatic hydroxyl groups is 1. The van der Waals surface area contributed by atoms with Crippen molar-refractivity contribution in [1.29, 1.82) is 0 Å². The Morgan fingerprint density at radius 2 is 1.54 bits per heavy atom. The maximum atomic E-state index is 14.2. The number of amides is 3. The summed E-state index contributed by atoms with van der Waals surface area (Å²) in [5.41, 5.74) is 2.29. The third-order valence-corrected chi connectivity index (χ3v) is 6.25. The van der Waals surface area contributed by atoms with Gasteiger partial charge in [0.05, 0.1) is 6.61 Å². The molecule has 4 N–H and O–H groups in total. The van der Waals surface area contributed by atoms with Crippen molar-refractivity contribution in [3.63, 3.8) is 0 Å². The number of rotatable bonds is 11. The summed E-state index contributed by atoms with van der Waals surface area (Å²) in [4.78, 5) is 42.0. The molecule has 0 aliphatic carbocycles. The number of phenolic OH excluding ortho intramolecular Hbond substituents is 1. The summed E-state index contributed by atoms with van der Waals surface area (Å²) < 4.78 is 5.42. The van der Waals surface area contributed by atoms with E-state index in [-0.39, 0.29) is 25.3 Å². The molecule has 9 nitrogen and oxygen atoms in total. The average molecular weight is 562 g/mol. The Morgan fingerprint density at radius 1 is 0.902 bits per heavy atom. The lowest BCUT2D eigenvalue weighted by Crippen LogP contribution is -2.54. The molecule has 0 aliphatic rings. The van der Waals surface area contributed by atoms with Gasteiger partial charge in [-0.15, -0.1) is 0 Å². The number of carbonyl (C=O) groups excluding carboxylic acids is 3. The summed E-state index contributed by atoms with van der Waals surface area (Å²) in [5.74, 6) is -0.938. The molecule has 0 aromatic heterocycles. The molecular weight excluding hydrogens is 522 g/mol. The minimum absolute atomic E-state index is 0.0620. The summed E-state index contributed by atoms with van der Waals surface area (Å²) in [7, 11) is 0. The monoisotopic (exact) mass is 561 g/mol. The van der Waals surface area contributed by atoms with Crippen LogP contribution in [-0.4, -0.2) is 57.8 Å². The molecule has 0 bridgehead atoms. The molecule has 41 heavy (non-hydrogen) atoms. The van der Waals surface area contributed by atoms with Gasteiger partial charge in [-0.05, 0) is 56.5 Å². The van der Waals surface area contributed by atoms with E-state index in [1.807, 2.05) is 49.4 Å². The van der Waals surface area contributed by atoms with Gasteiger partial charge in [-0.1, -0.05) is 72.3 Å². The van der Waals surface area contributed by atoms with Crippen LogP contribution in [0.3, 0.4) is 0 Å². The average Bonchev–Trinajstić information content (AvgIpc) is 2.92. The summed E-state index contributed by atoms with van der Waals surface area (Å²) in [6.45, 7) is 6.75. The Labute approximate surface area is 241 Å². The first-order valence-corrected chi connectivity index (χ1v) is 13.5. The maximum Gasteiger partial charge on any atom is 0.408 e. The summed E-state index contributed by atoms with van der Waals surface area (Å²) in [5, 5.41) is 25.3. The number of phenols is 1. The summed E-state index contributed by atoms with van der Waals surface area (Å²) >= 11 is 0. The standard InChI is InChI=1S/C32H39N3O6/c1-22-10-14-25(15-11-22)28(29(38)33-21-24-8-6-5-7-9-24)35(18-19-36)30(39)27(34-31(40)41-32(2,3)4)20-23-12-16-26(37)17-13-23/h5-17,27-28,36-37H,18-21H2,1-4H3,(H,33,38)(H,34,40). The molecule has 0 radical (unpaired) electrons. The third-order valence-electron chi connectivity index (χ3n) is 6.25. The van der Waals surface area contributed by atoms with E-state index in [1.165, 1.54) is 17.0 Å². The first kappa shape index (κ1) is 31.2. The smallest absolute Gasteiger partial charge is 0.408 e. The van der Waals surface area contributed by atoms with Gasteiger partial charge in [0.1, 0.15) is 23.4 Å². The molecule has 218 valence electrons. The van der Waals surface area contributed by atoms with E-state index in [0.717, 1.165) is 11.1 Å². The number of hydrogen-bond donors (Lipinski definition) is 4. The SMILES string of the molecule is Cc1ccc(C(C(=O)NCc2ccccc2)N(CCO)C(=O)C(Cc2ccc(O)cc2)NC(=O)OC(C)(C)C)cc1.